The van der Waals surface area contributed by atoms with Gasteiger partial charge < -0.3 is 10.1 Å². The van der Waals surface area contributed by atoms with Crippen molar-refractivity contribution >= 4 is 57.8 Å². The molecule has 32 heavy (non-hydrogen) atoms. The summed E-state index contributed by atoms with van der Waals surface area (Å²) in [5.74, 6) is 0.551. The van der Waals surface area contributed by atoms with Crippen molar-refractivity contribution in [2.24, 2.45) is 4.99 Å². The zero-order chi connectivity index (χ0) is 22.7. The molecule has 1 fully saturated rings. The van der Waals surface area contributed by atoms with Crippen molar-refractivity contribution in [1.29, 1.82) is 0 Å². The van der Waals surface area contributed by atoms with E-state index < -0.39 is 0 Å². The molecule has 1 aliphatic rings. The number of halogens is 2. The van der Waals surface area contributed by atoms with Crippen LogP contribution in [0, 0.1) is 13.8 Å². The Balaban J connectivity index is 1.42. The molecule has 0 saturated carbocycles. The van der Waals surface area contributed by atoms with Crippen molar-refractivity contribution < 1.29 is 9.53 Å². The number of thioether (sulfide) groups is 1. The normalized spacial score (nSPS) is 15.9. The van der Waals surface area contributed by atoms with Gasteiger partial charge in [0.05, 0.1) is 10.6 Å². The van der Waals surface area contributed by atoms with Crippen molar-refractivity contribution in [1.82, 2.24) is 5.32 Å². The van der Waals surface area contributed by atoms with Gasteiger partial charge in [-0.3, -0.25) is 4.79 Å². The molecule has 3 aromatic rings. The smallest absolute Gasteiger partial charge is 0.264 e. The van der Waals surface area contributed by atoms with E-state index in [2.05, 4.69) is 16.4 Å². The minimum Gasteiger partial charge on any atom is -0.489 e. The van der Waals surface area contributed by atoms with E-state index in [1.165, 1.54) is 11.8 Å². The Morgan fingerprint density at radius 2 is 1.72 bits per heavy atom. The maximum Gasteiger partial charge on any atom is 0.264 e. The Morgan fingerprint density at radius 1 is 1.00 bits per heavy atom. The molecule has 0 radical (unpaired) electrons. The van der Waals surface area contributed by atoms with Gasteiger partial charge in [0.1, 0.15) is 12.4 Å². The molecule has 1 aliphatic heterocycles. The fraction of sp³-hybridized carbons (Fsp3) is 0.120. The van der Waals surface area contributed by atoms with E-state index in [9.17, 15) is 4.79 Å². The molecule has 7 heteroatoms. The highest BCUT2D eigenvalue weighted by Gasteiger charge is 2.23. The average molecular weight is 483 g/mol. The molecule has 1 amide bonds. The van der Waals surface area contributed by atoms with Crippen LogP contribution < -0.4 is 10.1 Å². The lowest BCUT2D eigenvalue weighted by Gasteiger charge is -2.08. The number of nitrogens with zero attached hydrogens (tertiary/aromatic N) is 1. The number of aryl methyl sites for hydroxylation is 2. The van der Waals surface area contributed by atoms with Gasteiger partial charge in [0.25, 0.3) is 5.91 Å². The van der Waals surface area contributed by atoms with Crippen LogP contribution in [0.5, 0.6) is 5.75 Å². The summed E-state index contributed by atoms with van der Waals surface area (Å²) in [6.45, 7) is 4.40. The molecular formula is C25H20Cl2N2O2S. The first kappa shape index (κ1) is 22.5. The second kappa shape index (κ2) is 9.82. The van der Waals surface area contributed by atoms with Gasteiger partial charge in [-0.25, -0.2) is 4.99 Å². The monoisotopic (exact) mass is 482 g/mol. The average Bonchev–Trinajstić information content (AvgIpc) is 3.06. The Kier molecular flexibility index (Phi) is 6.89. The topological polar surface area (TPSA) is 50.7 Å². The number of ether oxygens (including phenoxy) is 1. The largest absolute Gasteiger partial charge is 0.489 e. The first-order valence-electron chi connectivity index (χ1n) is 9.90. The lowest BCUT2D eigenvalue weighted by atomic mass is 10.1. The Bertz CT molecular complexity index is 1220. The van der Waals surface area contributed by atoms with Crippen LogP contribution in [0.3, 0.4) is 0 Å². The molecule has 0 unspecified atom stereocenters. The molecule has 3 aromatic carbocycles. The van der Waals surface area contributed by atoms with Crippen LogP contribution in [0.15, 0.2) is 70.6 Å². The molecule has 0 aliphatic carbocycles. The van der Waals surface area contributed by atoms with Gasteiger partial charge in [0.15, 0.2) is 5.17 Å². The van der Waals surface area contributed by atoms with E-state index in [1.54, 1.807) is 12.1 Å². The molecular weight excluding hydrogens is 463 g/mol. The molecule has 162 valence electrons. The summed E-state index contributed by atoms with van der Waals surface area (Å²) in [7, 11) is 0. The third-order valence-corrected chi connectivity index (χ3v) is 6.17. The zero-order valence-electron chi connectivity index (χ0n) is 17.5. The van der Waals surface area contributed by atoms with Gasteiger partial charge in [0, 0.05) is 15.6 Å². The molecule has 1 N–H and O–H groups in total. The first-order valence-corrected chi connectivity index (χ1v) is 11.5. The van der Waals surface area contributed by atoms with Gasteiger partial charge >= 0.3 is 0 Å². The summed E-state index contributed by atoms with van der Waals surface area (Å²) in [4.78, 5) is 17.5. The minimum absolute atomic E-state index is 0.157. The number of amides is 1. The maximum atomic E-state index is 12.4. The predicted octanol–water partition coefficient (Wildman–Crippen LogP) is 7.08. The number of hydrogen-bond acceptors (Lipinski definition) is 4. The number of hydrogen-bond donors (Lipinski definition) is 1. The summed E-state index contributed by atoms with van der Waals surface area (Å²) < 4.78 is 5.81. The van der Waals surface area contributed by atoms with Crippen LogP contribution >= 0.6 is 35.0 Å². The number of rotatable bonds is 5. The summed E-state index contributed by atoms with van der Waals surface area (Å²) in [6.07, 6.45) is 1.84. The van der Waals surface area contributed by atoms with Gasteiger partial charge in [-0.15, -0.1) is 0 Å². The van der Waals surface area contributed by atoms with Gasteiger partial charge in [0.2, 0.25) is 0 Å². The zero-order valence-corrected chi connectivity index (χ0v) is 19.8. The fourth-order valence-corrected chi connectivity index (χ4v) is 4.53. The Hall–Kier alpha value is -2.73. The lowest BCUT2D eigenvalue weighted by molar-refractivity contribution is -0.115. The molecule has 1 saturated heterocycles. The van der Waals surface area contributed by atoms with Crippen molar-refractivity contribution in [3.8, 4) is 5.75 Å². The molecule has 1 heterocycles. The van der Waals surface area contributed by atoms with E-state index in [1.807, 2.05) is 62.4 Å². The number of carbonyl (C=O) groups is 1. The van der Waals surface area contributed by atoms with Crippen LogP contribution in [0.2, 0.25) is 10.0 Å². The summed E-state index contributed by atoms with van der Waals surface area (Å²) in [6, 6.07) is 18.9. The fourth-order valence-electron chi connectivity index (χ4n) is 3.22. The third kappa shape index (κ3) is 5.74. The maximum absolute atomic E-state index is 12.4. The number of carbonyl (C=O) groups excluding carboxylic acids is 1. The molecule has 0 bridgehead atoms. The SMILES string of the molecule is Cc1cc(C)cc(N=C2NC(=O)C(=Cc3ccc(OCc4ccc(Cl)cc4Cl)cc3)S2)c1. The summed E-state index contributed by atoms with van der Waals surface area (Å²) in [5.41, 5.74) is 4.85. The van der Waals surface area contributed by atoms with Crippen molar-refractivity contribution in [3.05, 3.63) is 97.9 Å². The number of benzene rings is 3. The molecule has 0 spiro atoms. The molecule has 4 rings (SSSR count). The summed E-state index contributed by atoms with van der Waals surface area (Å²) >= 11 is 13.4. The second-order valence-corrected chi connectivity index (χ2v) is 9.30. The van der Waals surface area contributed by atoms with Crippen LogP contribution in [0.1, 0.15) is 22.3 Å². The van der Waals surface area contributed by atoms with Crippen LogP contribution in [-0.4, -0.2) is 11.1 Å². The summed E-state index contributed by atoms with van der Waals surface area (Å²) in [5, 5.41) is 4.57. The van der Waals surface area contributed by atoms with Crippen LogP contribution in [0.25, 0.3) is 6.08 Å². The van der Waals surface area contributed by atoms with Gasteiger partial charge in [-0.2, -0.15) is 0 Å². The highest BCUT2D eigenvalue weighted by molar-refractivity contribution is 8.18. The quantitative estimate of drug-likeness (QED) is 0.395. The highest BCUT2D eigenvalue weighted by atomic mass is 35.5. The predicted molar refractivity (Wildman–Crippen MR) is 134 cm³/mol. The molecule has 0 atom stereocenters. The minimum atomic E-state index is -0.157. The van der Waals surface area contributed by atoms with Gasteiger partial charge in [-0.1, -0.05) is 47.5 Å². The van der Waals surface area contributed by atoms with Crippen molar-refractivity contribution in [2.45, 2.75) is 20.5 Å². The Labute approximate surface area is 201 Å². The van der Waals surface area contributed by atoms with E-state index in [-0.39, 0.29) is 5.91 Å². The lowest BCUT2D eigenvalue weighted by Crippen LogP contribution is -2.19. The van der Waals surface area contributed by atoms with E-state index in [4.69, 9.17) is 27.9 Å². The van der Waals surface area contributed by atoms with Crippen molar-refractivity contribution in [3.63, 3.8) is 0 Å². The Morgan fingerprint density at radius 3 is 2.41 bits per heavy atom. The number of nitrogens with one attached hydrogen (secondary N) is 1. The van der Waals surface area contributed by atoms with Crippen molar-refractivity contribution in [2.75, 3.05) is 0 Å². The highest BCUT2D eigenvalue weighted by Crippen LogP contribution is 2.29. The van der Waals surface area contributed by atoms with Crippen LogP contribution in [-0.2, 0) is 11.4 Å². The molecule has 4 nitrogen and oxygen atoms in total. The number of amidine groups is 1. The number of aliphatic imine (C=N–C) groups is 1. The third-order valence-electron chi connectivity index (χ3n) is 4.68. The molecule has 0 aromatic heterocycles. The van der Waals surface area contributed by atoms with E-state index >= 15 is 0 Å². The van der Waals surface area contributed by atoms with E-state index in [0.717, 1.165) is 27.9 Å². The second-order valence-electron chi connectivity index (χ2n) is 7.42. The standard InChI is InChI=1S/C25H20Cl2N2O2S/c1-15-9-16(2)11-20(10-15)28-25-29-24(30)23(32-25)12-17-3-7-21(8-4-17)31-14-18-5-6-19(26)13-22(18)27/h3-13H,14H2,1-2H3,(H,28,29,30). The van der Waals surface area contributed by atoms with Crippen LogP contribution in [0.4, 0.5) is 5.69 Å². The van der Waals surface area contributed by atoms with E-state index in [0.29, 0.717) is 32.5 Å². The first-order chi connectivity index (χ1) is 15.4. The van der Waals surface area contributed by atoms with Gasteiger partial charge in [-0.05, 0) is 84.8 Å².